The van der Waals surface area contributed by atoms with Crippen LogP contribution in [0.2, 0.25) is 5.02 Å². The Morgan fingerprint density at radius 3 is 2.38 bits per heavy atom. The Morgan fingerprint density at radius 2 is 1.96 bits per heavy atom. The largest absolute Gasteiger partial charge is 0.417 e. The first-order valence-electron chi connectivity index (χ1n) is 6.69. The van der Waals surface area contributed by atoms with Gasteiger partial charge in [0.2, 0.25) is 0 Å². The van der Waals surface area contributed by atoms with Crippen LogP contribution in [0.5, 0.6) is 0 Å². The van der Waals surface area contributed by atoms with Crippen molar-refractivity contribution in [2.75, 3.05) is 5.32 Å². The van der Waals surface area contributed by atoms with Gasteiger partial charge < -0.3 is 0 Å². The number of para-hydroxylation sites is 1. The molecule has 3 N–H and O–H groups in total. The Hall–Kier alpha value is -1.84. The molecule has 0 aliphatic rings. The van der Waals surface area contributed by atoms with Gasteiger partial charge in [0.25, 0.3) is 0 Å². The zero-order valence-electron chi connectivity index (χ0n) is 13.1. The van der Waals surface area contributed by atoms with E-state index in [1.54, 1.807) is 0 Å². The molecule has 0 aliphatic heterocycles. The van der Waals surface area contributed by atoms with Crippen molar-refractivity contribution in [3.05, 3.63) is 53.3 Å². The van der Waals surface area contributed by atoms with Gasteiger partial charge in [0.05, 0.1) is 5.56 Å². The molecule has 26 heavy (non-hydrogen) atoms. The van der Waals surface area contributed by atoms with Gasteiger partial charge in [-0.1, -0.05) is 0 Å². The number of alkyl halides is 3. The Balaban J connectivity index is 0.000000289. The van der Waals surface area contributed by atoms with Gasteiger partial charge >= 0.3 is 105 Å². The summed E-state index contributed by atoms with van der Waals surface area (Å²) in [5, 5.41) is 10.7. The number of aromatic nitrogens is 1. The molecule has 2 rings (SSSR count). The molecule has 1 unspecified atom stereocenters. The first-order chi connectivity index (χ1) is 12.0. The molecule has 1 heterocycles. The Labute approximate surface area is 153 Å². The summed E-state index contributed by atoms with van der Waals surface area (Å²) in [5.41, 5.74) is -0.745. The van der Waals surface area contributed by atoms with Gasteiger partial charge in [-0.15, -0.1) is 0 Å². The number of carbonyl (C=O) groups excluding carboxylic acids is 1. The quantitative estimate of drug-likeness (QED) is 0.372. The summed E-state index contributed by atoms with van der Waals surface area (Å²) in [7, 11) is 0. The van der Waals surface area contributed by atoms with E-state index < -0.39 is 31.8 Å². The molecule has 0 saturated heterocycles. The summed E-state index contributed by atoms with van der Waals surface area (Å²) in [6, 6.07) is 6.32. The number of hydrogen-bond acceptors (Lipinski definition) is 5. The summed E-state index contributed by atoms with van der Waals surface area (Å²) in [6.07, 6.45) is -2.18. The van der Waals surface area contributed by atoms with Crippen molar-refractivity contribution in [2.24, 2.45) is 0 Å². The van der Waals surface area contributed by atoms with Crippen LogP contribution in [0.25, 0.3) is 0 Å². The molecule has 12 heteroatoms. The van der Waals surface area contributed by atoms with Crippen molar-refractivity contribution in [1.82, 2.24) is 4.98 Å². The zero-order chi connectivity index (χ0) is 20.0. The molecule has 2 aromatic rings. The van der Waals surface area contributed by atoms with Gasteiger partial charge in [0.15, 0.2) is 0 Å². The number of hydrogen-bond donors (Lipinski definition) is 3. The minimum atomic E-state index is -5.05. The minimum absolute atomic E-state index is 0.0317. The Morgan fingerprint density at radius 1 is 1.31 bits per heavy atom. The van der Waals surface area contributed by atoms with Crippen molar-refractivity contribution in [3.63, 3.8) is 0 Å². The van der Waals surface area contributed by atoms with E-state index in [1.807, 2.05) is 0 Å². The van der Waals surface area contributed by atoms with Gasteiger partial charge in [0.1, 0.15) is 0 Å². The number of pyridine rings is 1. The second kappa shape index (κ2) is 9.20. The fourth-order valence-electron chi connectivity index (χ4n) is 1.62. The average molecular weight is 457 g/mol. The van der Waals surface area contributed by atoms with Crippen molar-refractivity contribution < 1.29 is 34.9 Å². The fraction of sp³-hybridized carbons (Fsp3) is 0.143. The molecule has 1 amide bonds. The number of anilines is 1. The molecule has 1 aromatic carbocycles. The number of halogens is 4. The molecule has 7 nitrogen and oxygen atoms in total. The van der Waals surface area contributed by atoms with Crippen LogP contribution in [-0.4, -0.2) is 34.4 Å². The molecular formula is C14H13AsClF3N2O5. The number of amides is 1. The molecule has 0 aliphatic carbocycles. The molecule has 0 saturated carbocycles. The van der Waals surface area contributed by atoms with Crippen LogP contribution in [0.1, 0.15) is 12.5 Å². The molecule has 1 atom stereocenters. The standard InChI is InChI=1S/C8H9AsClNO5.C6H4F3N/c1-5(12)11-8-6(9(13,14)16-15)3-2-4-7(8)10;7-6(8,9)5-2-1-3-10-4-5/h2-4,15H,1H3,(H,11,12)(H,13,14);1-4H. The zero-order valence-corrected chi connectivity index (χ0v) is 15.7. The van der Waals surface area contributed by atoms with E-state index >= 15 is 0 Å². The summed E-state index contributed by atoms with van der Waals surface area (Å²) in [4.78, 5) is 14.2. The average Bonchev–Trinajstić information content (AvgIpc) is 2.57. The Bertz CT molecular complexity index is 805. The van der Waals surface area contributed by atoms with E-state index in [0.29, 0.717) is 0 Å². The predicted molar refractivity (Wildman–Crippen MR) is 87.0 cm³/mol. The molecule has 0 fully saturated rings. The molecule has 0 bridgehead atoms. The summed E-state index contributed by atoms with van der Waals surface area (Å²) >= 11 is 0.717. The number of rotatable bonds is 3. The number of benzene rings is 1. The molecule has 142 valence electrons. The van der Waals surface area contributed by atoms with Gasteiger partial charge in [-0.25, -0.2) is 0 Å². The van der Waals surface area contributed by atoms with Crippen LogP contribution in [0.15, 0.2) is 42.7 Å². The monoisotopic (exact) mass is 456 g/mol. The number of carbonyl (C=O) groups is 1. The molecule has 0 spiro atoms. The van der Waals surface area contributed by atoms with Crippen molar-refractivity contribution in [2.45, 2.75) is 13.1 Å². The summed E-state index contributed by atoms with van der Waals surface area (Å²) in [5.74, 6) is -0.456. The smallest absolute Gasteiger partial charge is 0.264 e. The maximum absolute atomic E-state index is 11.7. The van der Waals surface area contributed by atoms with Crippen LogP contribution in [-0.2, 0) is 18.6 Å². The van der Waals surface area contributed by atoms with Gasteiger partial charge in [-0.2, -0.15) is 13.2 Å². The van der Waals surface area contributed by atoms with Crippen molar-refractivity contribution in [3.8, 4) is 0 Å². The third-order valence-electron chi connectivity index (χ3n) is 2.70. The van der Waals surface area contributed by atoms with E-state index in [-0.39, 0.29) is 15.1 Å². The Kier molecular flexibility index (Phi) is 7.85. The van der Waals surface area contributed by atoms with Gasteiger partial charge in [-0.05, 0) is 12.1 Å². The first kappa shape index (κ1) is 22.2. The normalized spacial score (nSPS) is 13.2. The second-order valence-electron chi connectivity index (χ2n) is 4.66. The van der Waals surface area contributed by atoms with E-state index in [4.69, 9.17) is 16.9 Å². The van der Waals surface area contributed by atoms with Crippen LogP contribution in [0.4, 0.5) is 18.9 Å². The van der Waals surface area contributed by atoms with Crippen molar-refractivity contribution >= 4 is 41.7 Å². The van der Waals surface area contributed by atoms with E-state index in [2.05, 4.69) is 14.2 Å². The number of nitrogens with zero attached hydrogens (tertiary/aromatic N) is 1. The second-order valence-corrected chi connectivity index (χ2v) is 8.60. The maximum atomic E-state index is 11.7. The summed E-state index contributed by atoms with van der Waals surface area (Å²) < 4.78 is 59.4. The van der Waals surface area contributed by atoms with Crippen LogP contribution < -0.4 is 9.67 Å². The SMILES string of the molecule is CC(=O)Nc1c(Cl)cccc1[As](=O)(O)OO.FC(F)(F)c1cccnc1. The van der Waals surface area contributed by atoms with Crippen LogP contribution in [0.3, 0.4) is 0 Å². The topological polar surface area (TPSA) is 109 Å². The van der Waals surface area contributed by atoms with Crippen molar-refractivity contribution in [1.29, 1.82) is 0 Å². The van der Waals surface area contributed by atoms with E-state index in [0.717, 1.165) is 12.3 Å². The number of nitrogens with one attached hydrogen (secondary N) is 1. The summed E-state index contributed by atoms with van der Waals surface area (Å²) in [6.45, 7) is 1.22. The predicted octanol–water partition coefficient (Wildman–Crippen LogP) is 2.46. The first-order valence-corrected chi connectivity index (χ1v) is 10.4. The van der Waals surface area contributed by atoms with Crippen LogP contribution in [0, 0.1) is 0 Å². The van der Waals surface area contributed by atoms with Gasteiger partial charge in [0, 0.05) is 12.4 Å². The third kappa shape index (κ3) is 6.47. The molecule has 1 aromatic heterocycles. The third-order valence-corrected chi connectivity index (χ3v) is 5.54. The van der Waals surface area contributed by atoms with Crippen LogP contribution >= 0.6 is 11.6 Å². The van der Waals surface area contributed by atoms with E-state index in [9.17, 15) is 25.8 Å². The maximum Gasteiger partial charge on any atom is 0.417 e. The fourth-order valence-corrected chi connectivity index (χ4v) is 3.71. The van der Waals surface area contributed by atoms with Gasteiger partial charge in [-0.3, -0.25) is 4.98 Å². The molecule has 0 radical (unpaired) electrons. The van der Waals surface area contributed by atoms with E-state index in [1.165, 1.54) is 37.4 Å². The minimum Gasteiger partial charge on any atom is -0.264 e. The molecular weight excluding hydrogens is 444 g/mol.